The number of benzene rings is 2. The predicted molar refractivity (Wildman–Crippen MR) is 109 cm³/mol. The standard InChI is InChI=1S/C21H23N3O3S/c1-2-21(25)23-18-10-12-20(13-11-18)28(26,27)22-15-19-9-6-14-24(19)16-17-7-4-3-5-8-17/h3-14,22H,2,15-16H2,1H3,(H,23,25). The average Bonchev–Trinajstić information content (AvgIpc) is 3.14. The largest absolute Gasteiger partial charge is 0.346 e. The summed E-state index contributed by atoms with van der Waals surface area (Å²) in [5, 5.41) is 2.70. The number of amides is 1. The second-order valence-electron chi connectivity index (χ2n) is 6.36. The van der Waals surface area contributed by atoms with Gasteiger partial charge in [-0.3, -0.25) is 4.79 Å². The summed E-state index contributed by atoms with van der Waals surface area (Å²) < 4.78 is 29.8. The van der Waals surface area contributed by atoms with E-state index in [4.69, 9.17) is 0 Å². The summed E-state index contributed by atoms with van der Waals surface area (Å²) in [7, 11) is -3.65. The normalized spacial score (nSPS) is 11.3. The van der Waals surface area contributed by atoms with Crippen molar-refractivity contribution in [2.45, 2.75) is 31.3 Å². The minimum atomic E-state index is -3.65. The number of rotatable bonds is 8. The Hall–Kier alpha value is -2.90. The van der Waals surface area contributed by atoms with Crippen molar-refractivity contribution >= 4 is 21.6 Å². The van der Waals surface area contributed by atoms with Crippen molar-refractivity contribution in [1.29, 1.82) is 0 Å². The summed E-state index contributed by atoms with van der Waals surface area (Å²) >= 11 is 0. The van der Waals surface area contributed by atoms with E-state index in [0.29, 0.717) is 18.7 Å². The number of sulfonamides is 1. The molecule has 0 spiro atoms. The van der Waals surface area contributed by atoms with Gasteiger partial charge in [0.2, 0.25) is 15.9 Å². The average molecular weight is 398 g/mol. The molecule has 0 atom stereocenters. The molecular weight excluding hydrogens is 374 g/mol. The number of anilines is 1. The highest BCUT2D eigenvalue weighted by Gasteiger charge is 2.15. The smallest absolute Gasteiger partial charge is 0.240 e. The van der Waals surface area contributed by atoms with E-state index >= 15 is 0 Å². The molecule has 0 aliphatic rings. The SMILES string of the molecule is CCC(=O)Nc1ccc(S(=O)(=O)NCc2cccn2Cc2ccccc2)cc1. The molecule has 0 saturated carbocycles. The molecule has 1 amide bonds. The van der Waals surface area contributed by atoms with E-state index < -0.39 is 10.0 Å². The molecule has 0 saturated heterocycles. The molecule has 0 aliphatic carbocycles. The summed E-state index contributed by atoms with van der Waals surface area (Å²) in [6.45, 7) is 2.62. The zero-order chi connectivity index (χ0) is 20.0. The highest BCUT2D eigenvalue weighted by molar-refractivity contribution is 7.89. The van der Waals surface area contributed by atoms with Crippen LogP contribution < -0.4 is 10.0 Å². The summed E-state index contributed by atoms with van der Waals surface area (Å²) in [5.74, 6) is -0.118. The fraction of sp³-hybridized carbons (Fsp3) is 0.190. The lowest BCUT2D eigenvalue weighted by molar-refractivity contribution is -0.115. The Morgan fingerprint density at radius 2 is 1.68 bits per heavy atom. The van der Waals surface area contributed by atoms with Gasteiger partial charge in [-0.25, -0.2) is 13.1 Å². The minimum absolute atomic E-state index is 0.118. The van der Waals surface area contributed by atoms with Gasteiger partial charge in [0.15, 0.2) is 0 Å². The lowest BCUT2D eigenvalue weighted by Crippen LogP contribution is -2.24. The lowest BCUT2D eigenvalue weighted by atomic mass is 10.2. The lowest BCUT2D eigenvalue weighted by Gasteiger charge is -2.11. The fourth-order valence-electron chi connectivity index (χ4n) is 2.76. The molecule has 0 aliphatic heterocycles. The van der Waals surface area contributed by atoms with Crippen molar-refractivity contribution in [3.05, 3.63) is 84.2 Å². The predicted octanol–water partition coefficient (Wildman–Crippen LogP) is 3.36. The van der Waals surface area contributed by atoms with E-state index in [0.717, 1.165) is 11.3 Å². The zero-order valence-electron chi connectivity index (χ0n) is 15.6. The number of hydrogen-bond donors (Lipinski definition) is 2. The van der Waals surface area contributed by atoms with Gasteiger partial charge >= 0.3 is 0 Å². The van der Waals surface area contributed by atoms with Gasteiger partial charge in [0.25, 0.3) is 0 Å². The van der Waals surface area contributed by atoms with E-state index in [-0.39, 0.29) is 17.3 Å². The number of aromatic nitrogens is 1. The van der Waals surface area contributed by atoms with Crippen LogP contribution in [0.3, 0.4) is 0 Å². The first-order chi connectivity index (χ1) is 13.5. The van der Waals surface area contributed by atoms with Crippen LogP contribution >= 0.6 is 0 Å². The Morgan fingerprint density at radius 3 is 2.36 bits per heavy atom. The van der Waals surface area contributed by atoms with E-state index in [1.165, 1.54) is 12.1 Å². The van der Waals surface area contributed by atoms with Crippen LogP contribution in [0.25, 0.3) is 0 Å². The molecule has 1 heterocycles. The molecule has 6 nitrogen and oxygen atoms in total. The van der Waals surface area contributed by atoms with Gasteiger partial charge in [-0.1, -0.05) is 37.3 Å². The van der Waals surface area contributed by atoms with Crippen molar-refractivity contribution in [1.82, 2.24) is 9.29 Å². The monoisotopic (exact) mass is 397 g/mol. The Morgan fingerprint density at radius 1 is 0.964 bits per heavy atom. The van der Waals surface area contributed by atoms with Crippen LogP contribution in [0.5, 0.6) is 0 Å². The van der Waals surface area contributed by atoms with Gasteiger partial charge < -0.3 is 9.88 Å². The number of carbonyl (C=O) groups excluding carboxylic acids is 1. The Bertz CT molecular complexity index is 1030. The van der Waals surface area contributed by atoms with Crippen molar-refractivity contribution < 1.29 is 13.2 Å². The molecular formula is C21H23N3O3S. The third-order valence-electron chi connectivity index (χ3n) is 4.33. The molecule has 0 radical (unpaired) electrons. The maximum Gasteiger partial charge on any atom is 0.240 e. The Kier molecular flexibility index (Phi) is 6.28. The summed E-state index contributed by atoms with van der Waals surface area (Å²) in [5.41, 5.74) is 2.59. The van der Waals surface area contributed by atoms with Crippen molar-refractivity contribution in [3.63, 3.8) is 0 Å². The molecule has 28 heavy (non-hydrogen) atoms. The number of nitrogens with one attached hydrogen (secondary N) is 2. The molecule has 146 valence electrons. The minimum Gasteiger partial charge on any atom is -0.346 e. The maximum absolute atomic E-state index is 12.6. The highest BCUT2D eigenvalue weighted by atomic mass is 32.2. The molecule has 0 unspecified atom stereocenters. The van der Waals surface area contributed by atoms with Crippen molar-refractivity contribution in [3.8, 4) is 0 Å². The van der Waals surface area contributed by atoms with Crippen molar-refractivity contribution in [2.24, 2.45) is 0 Å². The number of carbonyl (C=O) groups is 1. The maximum atomic E-state index is 12.6. The van der Waals surface area contributed by atoms with Crippen LogP contribution in [0.1, 0.15) is 24.6 Å². The van der Waals surface area contributed by atoms with Crippen LogP contribution in [0.15, 0.2) is 77.8 Å². The second-order valence-corrected chi connectivity index (χ2v) is 8.13. The van der Waals surface area contributed by atoms with E-state index in [9.17, 15) is 13.2 Å². The van der Waals surface area contributed by atoms with Crippen LogP contribution in [-0.4, -0.2) is 18.9 Å². The Labute approximate surface area is 165 Å². The van der Waals surface area contributed by atoms with E-state index in [1.807, 2.05) is 53.2 Å². The Balaban J connectivity index is 1.66. The van der Waals surface area contributed by atoms with Crippen LogP contribution in [0.2, 0.25) is 0 Å². The van der Waals surface area contributed by atoms with Crippen molar-refractivity contribution in [2.75, 3.05) is 5.32 Å². The molecule has 3 aromatic rings. The molecule has 1 aromatic heterocycles. The first-order valence-electron chi connectivity index (χ1n) is 9.05. The number of nitrogens with zero attached hydrogens (tertiary/aromatic N) is 1. The van der Waals surface area contributed by atoms with E-state index in [1.54, 1.807) is 19.1 Å². The zero-order valence-corrected chi connectivity index (χ0v) is 16.4. The first kappa shape index (κ1) is 19.9. The molecule has 7 heteroatoms. The van der Waals surface area contributed by atoms with Gasteiger partial charge in [0.1, 0.15) is 0 Å². The summed E-state index contributed by atoms with van der Waals surface area (Å²) in [4.78, 5) is 11.6. The van der Waals surface area contributed by atoms with Crippen LogP contribution in [0, 0.1) is 0 Å². The summed E-state index contributed by atoms with van der Waals surface area (Å²) in [6, 6.07) is 19.9. The topological polar surface area (TPSA) is 80.2 Å². The van der Waals surface area contributed by atoms with Crippen LogP contribution in [-0.2, 0) is 27.9 Å². The molecule has 3 rings (SSSR count). The number of hydrogen-bond acceptors (Lipinski definition) is 3. The van der Waals surface area contributed by atoms with Gasteiger partial charge in [0, 0.05) is 30.5 Å². The van der Waals surface area contributed by atoms with Gasteiger partial charge in [-0.2, -0.15) is 0 Å². The first-order valence-corrected chi connectivity index (χ1v) is 10.5. The molecule has 2 N–H and O–H groups in total. The van der Waals surface area contributed by atoms with E-state index in [2.05, 4.69) is 10.0 Å². The third-order valence-corrected chi connectivity index (χ3v) is 5.75. The highest BCUT2D eigenvalue weighted by Crippen LogP contribution is 2.15. The fourth-order valence-corrected chi connectivity index (χ4v) is 3.76. The van der Waals surface area contributed by atoms with Crippen LogP contribution in [0.4, 0.5) is 5.69 Å². The van der Waals surface area contributed by atoms with Gasteiger partial charge in [-0.05, 0) is 42.0 Å². The van der Waals surface area contributed by atoms with Gasteiger partial charge in [0.05, 0.1) is 11.4 Å². The quantitative estimate of drug-likeness (QED) is 0.612. The second kappa shape index (κ2) is 8.86. The molecule has 0 bridgehead atoms. The van der Waals surface area contributed by atoms with Gasteiger partial charge in [-0.15, -0.1) is 0 Å². The summed E-state index contributed by atoms with van der Waals surface area (Å²) in [6.07, 6.45) is 2.30. The molecule has 2 aromatic carbocycles. The third kappa shape index (κ3) is 5.09. The molecule has 0 fully saturated rings.